The first-order valence-corrected chi connectivity index (χ1v) is 6.56. The van der Waals surface area contributed by atoms with Crippen molar-refractivity contribution in [2.24, 2.45) is 0 Å². The van der Waals surface area contributed by atoms with E-state index in [4.69, 9.17) is 9.47 Å². The molecule has 7 heteroatoms. The van der Waals surface area contributed by atoms with Crippen LogP contribution in [-0.2, 0) is 14.3 Å². The van der Waals surface area contributed by atoms with E-state index in [0.29, 0.717) is 16.2 Å². The highest BCUT2D eigenvalue weighted by molar-refractivity contribution is 9.10. The van der Waals surface area contributed by atoms with Crippen molar-refractivity contribution in [3.8, 4) is 5.75 Å². The third-order valence-electron chi connectivity index (χ3n) is 2.37. The molecular formula is C12H13BrN2O4. The number of carbonyl (C=O) groups excluding carboxylic acids is 2. The predicted molar refractivity (Wildman–Crippen MR) is 71.0 cm³/mol. The Balaban J connectivity index is 2.23. The Morgan fingerprint density at radius 1 is 1.58 bits per heavy atom. The van der Waals surface area contributed by atoms with Gasteiger partial charge in [-0.2, -0.15) is 0 Å². The van der Waals surface area contributed by atoms with Crippen LogP contribution in [-0.4, -0.2) is 36.1 Å². The van der Waals surface area contributed by atoms with Gasteiger partial charge < -0.3 is 9.47 Å². The minimum absolute atomic E-state index is 0.106. The van der Waals surface area contributed by atoms with E-state index < -0.39 is 5.97 Å². The van der Waals surface area contributed by atoms with E-state index in [1.54, 1.807) is 26.0 Å². The average Bonchev–Trinajstić information content (AvgIpc) is 2.32. The summed E-state index contributed by atoms with van der Waals surface area (Å²) >= 11 is 3.22. The SMILES string of the molecule is CC(C)OC(=O)CN1C(=O)COc2ccc(Br)nc21. The second-order valence-electron chi connectivity index (χ2n) is 4.26. The van der Waals surface area contributed by atoms with E-state index in [-0.39, 0.29) is 25.2 Å². The lowest BCUT2D eigenvalue weighted by Crippen LogP contribution is -2.43. The highest BCUT2D eigenvalue weighted by Gasteiger charge is 2.29. The molecule has 0 radical (unpaired) electrons. The molecule has 1 aromatic rings. The van der Waals surface area contributed by atoms with Crippen molar-refractivity contribution in [2.45, 2.75) is 20.0 Å². The number of rotatable bonds is 3. The van der Waals surface area contributed by atoms with Crippen molar-refractivity contribution in [1.29, 1.82) is 0 Å². The first-order chi connectivity index (χ1) is 8.97. The molecule has 1 amide bonds. The number of aromatic nitrogens is 1. The Bertz CT molecular complexity index is 518. The summed E-state index contributed by atoms with van der Waals surface area (Å²) < 4.78 is 10.9. The van der Waals surface area contributed by atoms with Crippen LogP contribution in [0.25, 0.3) is 0 Å². The molecule has 0 aromatic carbocycles. The number of ether oxygens (including phenoxy) is 2. The van der Waals surface area contributed by atoms with Crippen LogP contribution in [0.3, 0.4) is 0 Å². The zero-order chi connectivity index (χ0) is 14.0. The van der Waals surface area contributed by atoms with Gasteiger partial charge in [0.15, 0.2) is 18.2 Å². The summed E-state index contributed by atoms with van der Waals surface area (Å²) in [6, 6.07) is 3.40. The third-order valence-corrected chi connectivity index (χ3v) is 2.81. The van der Waals surface area contributed by atoms with Crippen molar-refractivity contribution < 1.29 is 19.1 Å². The van der Waals surface area contributed by atoms with Crippen molar-refractivity contribution in [3.05, 3.63) is 16.7 Å². The normalized spacial score (nSPS) is 14.1. The Labute approximate surface area is 118 Å². The van der Waals surface area contributed by atoms with Gasteiger partial charge in [-0.25, -0.2) is 4.98 Å². The van der Waals surface area contributed by atoms with Crippen molar-refractivity contribution >= 4 is 33.6 Å². The van der Waals surface area contributed by atoms with Gasteiger partial charge in [0.1, 0.15) is 11.1 Å². The molecular weight excluding hydrogens is 316 g/mol. The van der Waals surface area contributed by atoms with E-state index >= 15 is 0 Å². The van der Waals surface area contributed by atoms with Gasteiger partial charge in [0.25, 0.3) is 5.91 Å². The molecule has 2 rings (SSSR count). The van der Waals surface area contributed by atoms with Gasteiger partial charge in [-0.1, -0.05) is 0 Å². The topological polar surface area (TPSA) is 68.7 Å². The second-order valence-corrected chi connectivity index (χ2v) is 5.08. The average molecular weight is 329 g/mol. The maximum atomic E-state index is 11.8. The Kier molecular flexibility index (Phi) is 4.04. The van der Waals surface area contributed by atoms with E-state index in [1.807, 2.05) is 0 Å². The molecule has 1 aromatic heterocycles. The van der Waals surface area contributed by atoms with Crippen LogP contribution in [0.5, 0.6) is 5.75 Å². The third kappa shape index (κ3) is 3.23. The molecule has 0 N–H and O–H groups in total. The second kappa shape index (κ2) is 5.56. The first-order valence-electron chi connectivity index (χ1n) is 5.76. The number of hydrogen-bond donors (Lipinski definition) is 0. The number of hydrogen-bond acceptors (Lipinski definition) is 5. The Hall–Kier alpha value is -1.63. The highest BCUT2D eigenvalue weighted by atomic mass is 79.9. The lowest BCUT2D eigenvalue weighted by Gasteiger charge is -2.27. The van der Waals surface area contributed by atoms with Crippen LogP contribution in [0.1, 0.15) is 13.8 Å². The minimum Gasteiger partial charge on any atom is -0.480 e. The Morgan fingerprint density at radius 2 is 2.32 bits per heavy atom. The molecule has 0 spiro atoms. The molecule has 0 saturated heterocycles. The number of anilines is 1. The number of pyridine rings is 1. The van der Waals surface area contributed by atoms with Crippen LogP contribution in [0.15, 0.2) is 16.7 Å². The smallest absolute Gasteiger partial charge is 0.326 e. The monoisotopic (exact) mass is 328 g/mol. The predicted octanol–water partition coefficient (Wildman–Crippen LogP) is 1.52. The molecule has 0 fully saturated rings. The van der Waals surface area contributed by atoms with Gasteiger partial charge >= 0.3 is 5.97 Å². The fourth-order valence-electron chi connectivity index (χ4n) is 1.65. The fraction of sp³-hybridized carbons (Fsp3) is 0.417. The van der Waals surface area contributed by atoms with E-state index in [0.717, 1.165) is 0 Å². The molecule has 6 nitrogen and oxygen atoms in total. The molecule has 19 heavy (non-hydrogen) atoms. The minimum atomic E-state index is -0.474. The molecule has 1 aliphatic heterocycles. The number of esters is 1. The van der Waals surface area contributed by atoms with Gasteiger partial charge in [0.05, 0.1) is 6.10 Å². The van der Waals surface area contributed by atoms with Gasteiger partial charge in [0, 0.05) is 0 Å². The quantitative estimate of drug-likeness (QED) is 0.621. The fourth-order valence-corrected chi connectivity index (χ4v) is 1.95. The van der Waals surface area contributed by atoms with Crippen molar-refractivity contribution in [3.63, 3.8) is 0 Å². The van der Waals surface area contributed by atoms with Crippen LogP contribution >= 0.6 is 15.9 Å². The number of fused-ring (bicyclic) bond motifs is 1. The molecule has 0 saturated carbocycles. The number of nitrogens with zero attached hydrogens (tertiary/aromatic N) is 2. The molecule has 1 aliphatic rings. The van der Waals surface area contributed by atoms with Crippen molar-refractivity contribution in [2.75, 3.05) is 18.1 Å². The molecule has 102 valence electrons. The molecule has 0 unspecified atom stereocenters. The van der Waals surface area contributed by atoms with Gasteiger partial charge in [0.2, 0.25) is 0 Å². The Morgan fingerprint density at radius 3 is 3.00 bits per heavy atom. The van der Waals surface area contributed by atoms with E-state index in [2.05, 4.69) is 20.9 Å². The van der Waals surface area contributed by atoms with Gasteiger partial charge in [-0.05, 0) is 41.9 Å². The summed E-state index contributed by atoms with van der Waals surface area (Å²) in [6.45, 7) is 3.23. The number of carbonyl (C=O) groups is 2. The van der Waals surface area contributed by atoms with Crippen LogP contribution in [0, 0.1) is 0 Å². The van der Waals surface area contributed by atoms with Gasteiger partial charge in [-0.3, -0.25) is 14.5 Å². The lowest BCUT2D eigenvalue weighted by atomic mass is 10.3. The van der Waals surface area contributed by atoms with Crippen LogP contribution in [0.4, 0.5) is 5.82 Å². The summed E-state index contributed by atoms with van der Waals surface area (Å²) in [5, 5.41) is 0. The zero-order valence-electron chi connectivity index (χ0n) is 10.6. The molecule has 0 aliphatic carbocycles. The molecule has 0 bridgehead atoms. The highest BCUT2D eigenvalue weighted by Crippen LogP contribution is 2.31. The van der Waals surface area contributed by atoms with E-state index in [9.17, 15) is 9.59 Å². The summed E-state index contributed by atoms with van der Waals surface area (Å²) in [6.07, 6.45) is -0.224. The summed E-state index contributed by atoms with van der Waals surface area (Å²) in [7, 11) is 0. The van der Waals surface area contributed by atoms with E-state index in [1.165, 1.54) is 4.90 Å². The maximum Gasteiger partial charge on any atom is 0.326 e. The summed E-state index contributed by atoms with van der Waals surface area (Å²) in [5.74, 6) is 0.00302. The molecule has 0 atom stereocenters. The molecule has 2 heterocycles. The maximum absolute atomic E-state index is 11.8. The van der Waals surface area contributed by atoms with Gasteiger partial charge in [-0.15, -0.1) is 0 Å². The largest absolute Gasteiger partial charge is 0.480 e. The standard InChI is InChI=1S/C12H13BrN2O4/c1-7(2)19-11(17)5-15-10(16)6-18-8-3-4-9(13)14-12(8)15/h3-4,7H,5-6H2,1-2H3. The summed E-state index contributed by atoms with van der Waals surface area (Å²) in [5.41, 5.74) is 0. The number of amides is 1. The number of halogens is 1. The van der Waals surface area contributed by atoms with Crippen LogP contribution in [0.2, 0.25) is 0 Å². The summed E-state index contributed by atoms with van der Waals surface area (Å²) in [4.78, 5) is 28.9. The zero-order valence-corrected chi connectivity index (χ0v) is 12.1. The van der Waals surface area contributed by atoms with Crippen LogP contribution < -0.4 is 9.64 Å². The van der Waals surface area contributed by atoms with Crippen molar-refractivity contribution in [1.82, 2.24) is 4.98 Å². The first kappa shape index (κ1) is 13.8. The lowest BCUT2D eigenvalue weighted by molar-refractivity contribution is -0.146.